The van der Waals surface area contributed by atoms with E-state index in [9.17, 15) is 5.11 Å². The Morgan fingerprint density at radius 3 is 2.50 bits per heavy atom. The zero-order valence-electron chi connectivity index (χ0n) is 11.3. The Kier molecular flexibility index (Phi) is 2.41. The van der Waals surface area contributed by atoms with Gasteiger partial charge in [-0.05, 0) is 57.3 Å². The molecule has 1 saturated heterocycles. The molecule has 5 rings (SSSR count). The van der Waals surface area contributed by atoms with Crippen LogP contribution in [0.5, 0.6) is 0 Å². The van der Waals surface area contributed by atoms with Gasteiger partial charge in [-0.2, -0.15) is 0 Å². The Morgan fingerprint density at radius 2 is 1.89 bits per heavy atom. The van der Waals surface area contributed by atoms with Gasteiger partial charge in [-0.25, -0.2) is 0 Å². The van der Waals surface area contributed by atoms with E-state index < -0.39 is 0 Å². The van der Waals surface area contributed by atoms with Gasteiger partial charge < -0.3 is 15.2 Å². The van der Waals surface area contributed by atoms with Crippen LogP contribution >= 0.6 is 0 Å². The van der Waals surface area contributed by atoms with Crippen LogP contribution in [0.3, 0.4) is 0 Å². The molecule has 0 amide bonds. The number of aliphatic hydroxyl groups is 1. The fourth-order valence-electron chi connectivity index (χ4n) is 6.05. The summed E-state index contributed by atoms with van der Waals surface area (Å²) in [6, 6.07) is 0.443. The molecule has 4 unspecified atom stereocenters. The first-order valence-corrected chi connectivity index (χ1v) is 7.66. The number of morpholine rings is 1. The van der Waals surface area contributed by atoms with E-state index in [4.69, 9.17) is 4.74 Å². The van der Waals surface area contributed by atoms with Crippen molar-refractivity contribution in [3.8, 4) is 0 Å². The lowest BCUT2D eigenvalue weighted by atomic mass is 9.46. The van der Waals surface area contributed by atoms with Gasteiger partial charge in [0.05, 0.1) is 18.3 Å². The molecule has 0 aromatic rings. The van der Waals surface area contributed by atoms with Gasteiger partial charge in [0.2, 0.25) is 0 Å². The minimum atomic E-state index is -0.357. The number of hydrogen-bond acceptors (Lipinski definition) is 3. The van der Waals surface area contributed by atoms with Crippen LogP contribution in [0.25, 0.3) is 0 Å². The molecule has 0 aromatic carbocycles. The number of hydrogen-bond donors (Lipinski definition) is 2. The minimum Gasteiger partial charge on any atom is -0.390 e. The summed E-state index contributed by atoms with van der Waals surface area (Å²) in [5.41, 5.74) is -0.0870. The van der Waals surface area contributed by atoms with Crippen LogP contribution in [-0.2, 0) is 4.74 Å². The first-order chi connectivity index (χ1) is 8.59. The maximum Gasteiger partial charge on any atom is 0.0783 e. The van der Waals surface area contributed by atoms with Crippen molar-refractivity contribution in [3.05, 3.63) is 0 Å². The van der Waals surface area contributed by atoms with E-state index in [1.165, 1.54) is 19.3 Å². The average Bonchev–Trinajstić information content (AvgIpc) is 2.25. The van der Waals surface area contributed by atoms with Crippen molar-refractivity contribution < 1.29 is 9.84 Å². The summed E-state index contributed by atoms with van der Waals surface area (Å²) in [4.78, 5) is 0. The third-order valence-corrected chi connectivity index (χ3v) is 6.00. The predicted molar refractivity (Wildman–Crippen MR) is 69.3 cm³/mol. The number of ether oxygens (including phenoxy) is 1. The predicted octanol–water partition coefficient (Wildman–Crippen LogP) is 1.69. The molecular weight excluding hydrogens is 226 g/mol. The normalized spacial score (nSPS) is 59.0. The molecule has 5 aliphatic rings. The molecule has 102 valence electrons. The lowest BCUT2D eigenvalue weighted by Gasteiger charge is -2.63. The molecule has 1 aliphatic heterocycles. The quantitative estimate of drug-likeness (QED) is 0.745. The third kappa shape index (κ3) is 1.60. The van der Waals surface area contributed by atoms with Crippen LogP contribution in [0.2, 0.25) is 0 Å². The van der Waals surface area contributed by atoms with Crippen LogP contribution in [-0.4, -0.2) is 36.0 Å². The molecule has 4 saturated carbocycles. The number of nitrogens with one attached hydrogen (secondary N) is 1. The molecule has 18 heavy (non-hydrogen) atoms. The van der Waals surface area contributed by atoms with E-state index in [0.717, 1.165) is 44.2 Å². The van der Waals surface area contributed by atoms with Crippen LogP contribution in [0.4, 0.5) is 0 Å². The van der Waals surface area contributed by atoms with Gasteiger partial charge in [0, 0.05) is 18.0 Å². The van der Waals surface area contributed by atoms with Crippen molar-refractivity contribution in [2.45, 2.75) is 63.2 Å². The van der Waals surface area contributed by atoms with Crippen LogP contribution in [0.1, 0.15) is 45.4 Å². The highest BCUT2D eigenvalue weighted by molar-refractivity contribution is 5.12. The molecule has 4 bridgehead atoms. The van der Waals surface area contributed by atoms with Gasteiger partial charge in [0.25, 0.3) is 0 Å². The average molecular weight is 251 g/mol. The second-order valence-electron chi connectivity index (χ2n) is 7.58. The summed E-state index contributed by atoms with van der Waals surface area (Å²) in [6.45, 7) is 4.07. The summed E-state index contributed by atoms with van der Waals surface area (Å²) in [6.07, 6.45) is 7.37. The monoisotopic (exact) mass is 251 g/mol. The topological polar surface area (TPSA) is 41.5 Å². The molecule has 3 nitrogen and oxygen atoms in total. The molecule has 1 heterocycles. The molecule has 4 aliphatic carbocycles. The molecular formula is C15H25NO2. The lowest BCUT2D eigenvalue weighted by Crippen LogP contribution is -2.64. The van der Waals surface area contributed by atoms with E-state index in [1.54, 1.807) is 0 Å². The van der Waals surface area contributed by atoms with E-state index in [-0.39, 0.29) is 11.0 Å². The maximum atomic E-state index is 10.8. The van der Waals surface area contributed by atoms with Crippen molar-refractivity contribution in [2.75, 3.05) is 13.2 Å². The van der Waals surface area contributed by atoms with Crippen molar-refractivity contribution in [2.24, 2.45) is 17.3 Å². The second kappa shape index (κ2) is 3.71. The molecule has 5 fully saturated rings. The van der Waals surface area contributed by atoms with Crippen molar-refractivity contribution in [3.63, 3.8) is 0 Å². The fourth-order valence-corrected chi connectivity index (χ4v) is 6.05. The lowest BCUT2D eigenvalue weighted by molar-refractivity contribution is -0.214. The van der Waals surface area contributed by atoms with Crippen LogP contribution in [0.15, 0.2) is 0 Å². The molecule has 4 atom stereocenters. The Balaban J connectivity index is 1.66. The van der Waals surface area contributed by atoms with E-state index in [1.807, 2.05) is 0 Å². The smallest absolute Gasteiger partial charge is 0.0783 e. The molecule has 0 aromatic heterocycles. The number of rotatable bonds is 1. The zero-order chi connectivity index (χ0) is 12.4. The van der Waals surface area contributed by atoms with E-state index in [2.05, 4.69) is 12.2 Å². The SMILES string of the molecule is CC1NCCOC1C12CC3CC(CC(O)(C3)C1)C2. The van der Waals surface area contributed by atoms with Gasteiger partial charge in [-0.1, -0.05) is 0 Å². The van der Waals surface area contributed by atoms with E-state index in [0.29, 0.717) is 12.1 Å². The zero-order valence-corrected chi connectivity index (χ0v) is 11.3. The van der Waals surface area contributed by atoms with Crippen molar-refractivity contribution >= 4 is 0 Å². The largest absolute Gasteiger partial charge is 0.390 e. The highest BCUT2D eigenvalue weighted by atomic mass is 16.5. The third-order valence-electron chi connectivity index (χ3n) is 6.00. The highest BCUT2D eigenvalue weighted by Gasteiger charge is 2.60. The summed E-state index contributed by atoms with van der Waals surface area (Å²) >= 11 is 0. The summed E-state index contributed by atoms with van der Waals surface area (Å²) in [5, 5.41) is 14.4. The standard InChI is InChI=1S/C15H25NO2/c1-10-13(18-3-2-16-10)14-5-11-4-12(6-14)8-15(17,7-11)9-14/h10-13,16-17H,2-9H2,1H3. The first-order valence-electron chi connectivity index (χ1n) is 7.66. The minimum absolute atomic E-state index is 0.270. The Labute approximate surface area is 109 Å². The van der Waals surface area contributed by atoms with Crippen LogP contribution in [0, 0.1) is 17.3 Å². The Bertz CT molecular complexity index is 342. The van der Waals surface area contributed by atoms with Gasteiger partial charge >= 0.3 is 0 Å². The highest BCUT2D eigenvalue weighted by Crippen LogP contribution is 2.63. The van der Waals surface area contributed by atoms with Crippen LogP contribution < -0.4 is 5.32 Å². The summed E-state index contributed by atoms with van der Waals surface area (Å²) in [5.74, 6) is 1.52. The maximum absolute atomic E-state index is 10.8. The Morgan fingerprint density at radius 1 is 1.17 bits per heavy atom. The first kappa shape index (κ1) is 11.7. The molecule has 2 N–H and O–H groups in total. The van der Waals surface area contributed by atoms with Gasteiger partial charge in [-0.3, -0.25) is 0 Å². The van der Waals surface area contributed by atoms with E-state index >= 15 is 0 Å². The van der Waals surface area contributed by atoms with Gasteiger partial charge in [0.1, 0.15) is 0 Å². The van der Waals surface area contributed by atoms with Crippen molar-refractivity contribution in [1.29, 1.82) is 0 Å². The summed E-state index contributed by atoms with van der Waals surface area (Å²) in [7, 11) is 0. The molecule has 3 heteroatoms. The molecule has 0 spiro atoms. The van der Waals surface area contributed by atoms with Crippen molar-refractivity contribution in [1.82, 2.24) is 5.32 Å². The molecule has 0 radical (unpaired) electrons. The van der Waals surface area contributed by atoms with Gasteiger partial charge in [-0.15, -0.1) is 0 Å². The second-order valence-corrected chi connectivity index (χ2v) is 7.58. The van der Waals surface area contributed by atoms with Gasteiger partial charge in [0.15, 0.2) is 0 Å². The Hall–Kier alpha value is -0.120. The summed E-state index contributed by atoms with van der Waals surface area (Å²) < 4.78 is 6.15. The fraction of sp³-hybridized carbons (Fsp3) is 1.00.